The zero-order valence-corrected chi connectivity index (χ0v) is 16.5. The number of nitrogens with one attached hydrogen (secondary N) is 1. The van der Waals surface area contributed by atoms with Crippen LogP contribution in [0.25, 0.3) is 0 Å². The van der Waals surface area contributed by atoms with E-state index < -0.39 is 12.1 Å². The lowest BCUT2D eigenvalue weighted by Crippen LogP contribution is -2.20. The Morgan fingerprint density at radius 1 is 1.18 bits per heavy atom. The van der Waals surface area contributed by atoms with Crippen LogP contribution in [0.15, 0.2) is 64.7 Å². The van der Waals surface area contributed by atoms with Crippen LogP contribution >= 0.6 is 11.8 Å². The number of rotatable bonds is 7. The number of esters is 1. The van der Waals surface area contributed by atoms with Gasteiger partial charge in [0.1, 0.15) is 0 Å². The van der Waals surface area contributed by atoms with Gasteiger partial charge >= 0.3 is 5.97 Å². The number of aromatic nitrogens is 3. The predicted molar refractivity (Wildman–Crippen MR) is 108 cm³/mol. The standard InChI is InChI=1S/C21H21N3O3S/c1-14-16(20(26)24-21(23-14)28-2)11-12-18(25)27-19(15-8-4-3-5-9-15)17-10-6-7-13-22-17/h3-10,13,19H,11-12H2,1-2H3,(H,23,24,26). The Hall–Kier alpha value is -2.93. The molecule has 3 rings (SSSR count). The molecule has 0 radical (unpaired) electrons. The van der Waals surface area contributed by atoms with E-state index in [1.165, 1.54) is 11.8 Å². The number of carbonyl (C=O) groups excluding carboxylic acids is 1. The Bertz CT molecular complexity index is 951. The van der Waals surface area contributed by atoms with Crippen LogP contribution in [0, 0.1) is 6.92 Å². The van der Waals surface area contributed by atoms with E-state index in [1.54, 1.807) is 13.1 Å². The molecule has 1 N–H and O–H groups in total. The smallest absolute Gasteiger partial charge is 0.307 e. The molecule has 0 fully saturated rings. The topological polar surface area (TPSA) is 84.9 Å². The van der Waals surface area contributed by atoms with Crippen molar-refractivity contribution in [3.8, 4) is 0 Å². The molecule has 3 aromatic rings. The van der Waals surface area contributed by atoms with Crippen LogP contribution in [0.2, 0.25) is 0 Å². The van der Waals surface area contributed by atoms with Crippen LogP contribution in [-0.4, -0.2) is 27.2 Å². The Morgan fingerprint density at radius 3 is 2.57 bits per heavy atom. The van der Waals surface area contributed by atoms with Gasteiger partial charge in [-0.05, 0) is 37.3 Å². The molecule has 0 saturated carbocycles. The fourth-order valence-corrected chi connectivity index (χ4v) is 3.27. The second kappa shape index (κ2) is 9.32. The molecule has 0 aliphatic heterocycles. The number of hydrogen-bond donors (Lipinski definition) is 1. The van der Waals surface area contributed by atoms with Crippen molar-refractivity contribution >= 4 is 17.7 Å². The molecule has 144 valence electrons. The summed E-state index contributed by atoms with van der Waals surface area (Å²) in [5, 5.41) is 0.563. The van der Waals surface area contributed by atoms with Crippen molar-refractivity contribution in [2.24, 2.45) is 0 Å². The molecule has 2 aromatic heterocycles. The molecule has 1 unspecified atom stereocenters. The van der Waals surface area contributed by atoms with Crippen molar-refractivity contribution < 1.29 is 9.53 Å². The normalized spacial score (nSPS) is 11.8. The largest absolute Gasteiger partial charge is 0.451 e. The number of benzene rings is 1. The lowest BCUT2D eigenvalue weighted by molar-refractivity contribution is -0.147. The first kappa shape index (κ1) is 19.8. The number of thioether (sulfide) groups is 1. The summed E-state index contributed by atoms with van der Waals surface area (Å²) in [5.74, 6) is -0.396. The average molecular weight is 395 g/mol. The van der Waals surface area contributed by atoms with Crippen molar-refractivity contribution in [2.45, 2.75) is 31.0 Å². The maximum atomic E-state index is 12.5. The van der Waals surface area contributed by atoms with E-state index in [0.29, 0.717) is 22.1 Å². The van der Waals surface area contributed by atoms with E-state index >= 15 is 0 Å². The van der Waals surface area contributed by atoms with Crippen LogP contribution in [0.5, 0.6) is 0 Å². The van der Waals surface area contributed by atoms with Gasteiger partial charge in [0, 0.05) is 23.9 Å². The molecule has 2 heterocycles. The Morgan fingerprint density at radius 2 is 1.93 bits per heavy atom. The summed E-state index contributed by atoms with van der Waals surface area (Å²) < 4.78 is 5.73. The van der Waals surface area contributed by atoms with Crippen LogP contribution < -0.4 is 5.56 Å². The second-order valence-corrected chi connectivity index (χ2v) is 6.97. The molecule has 1 atom stereocenters. The molecule has 0 saturated heterocycles. The number of hydrogen-bond acceptors (Lipinski definition) is 6. The molecule has 6 nitrogen and oxygen atoms in total. The van der Waals surface area contributed by atoms with E-state index in [2.05, 4.69) is 15.0 Å². The third-order valence-corrected chi connectivity index (χ3v) is 4.86. The molecule has 0 bridgehead atoms. The van der Waals surface area contributed by atoms with E-state index in [4.69, 9.17) is 4.74 Å². The van der Waals surface area contributed by atoms with Gasteiger partial charge < -0.3 is 9.72 Å². The average Bonchev–Trinajstić information content (AvgIpc) is 2.72. The lowest BCUT2D eigenvalue weighted by Gasteiger charge is -2.18. The fourth-order valence-electron chi connectivity index (χ4n) is 2.85. The molecular weight excluding hydrogens is 374 g/mol. The molecule has 0 aliphatic rings. The van der Waals surface area contributed by atoms with Gasteiger partial charge in [0.15, 0.2) is 11.3 Å². The number of pyridine rings is 1. The van der Waals surface area contributed by atoms with Crippen molar-refractivity contribution in [1.82, 2.24) is 15.0 Å². The summed E-state index contributed by atoms with van der Waals surface area (Å²) in [4.78, 5) is 36.1. The minimum absolute atomic E-state index is 0.0837. The summed E-state index contributed by atoms with van der Waals surface area (Å²) >= 11 is 1.37. The van der Waals surface area contributed by atoms with Crippen LogP contribution in [0.4, 0.5) is 0 Å². The molecule has 1 aromatic carbocycles. The minimum atomic E-state index is -0.591. The highest BCUT2D eigenvalue weighted by Gasteiger charge is 2.20. The van der Waals surface area contributed by atoms with Gasteiger partial charge in [-0.15, -0.1) is 0 Å². The quantitative estimate of drug-likeness (QED) is 0.375. The van der Waals surface area contributed by atoms with Crippen LogP contribution in [-0.2, 0) is 16.0 Å². The first-order chi connectivity index (χ1) is 13.6. The zero-order valence-electron chi connectivity index (χ0n) is 15.7. The van der Waals surface area contributed by atoms with Gasteiger partial charge in [0.05, 0.1) is 5.69 Å². The van der Waals surface area contributed by atoms with Crippen molar-refractivity contribution in [1.29, 1.82) is 0 Å². The number of nitrogens with zero attached hydrogens (tertiary/aromatic N) is 2. The van der Waals surface area contributed by atoms with E-state index in [-0.39, 0.29) is 18.4 Å². The molecule has 0 amide bonds. The monoisotopic (exact) mass is 395 g/mol. The number of aromatic amines is 1. The molecule has 0 spiro atoms. The van der Waals surface area contributed by atoms with Crippen molar-refractivity contribution in [3.63, 3.8) is 0 Å². The summed E-state index contributed by atoms with van der Waals surface area (Å²) in [6.07, 6.45) is 3.27. The van der Waals surface area contributed by atoms with Gasteiger partial charge in [-0.2, -0.15) is 0 Å². The number of carbonyl (C=O) groups is 1. The zero-order chi connectivity index (χ0) is 19.9. The summed E-state index contributed by atoms with van der Waals surface area (Å²) in [7, 11) is 0. The first-order valence-electron chi connectivity index (χ1n) is 8.87. The lowest BCUT2D eigenvalue weighted by atomic mass is 10.1. The van der Waals surface area contributed by atoms with Crippen LogP contribution in [0.3, 0.4) is 0 Å². The van der Waals surface area contributed by atoms with Gasteiger partial charge in [-0.1, -0.05) is 48.2 Å². The van der Waals surface area contributed by atoms with E-state index in [0.717, 1.165) is 5.56 Å². The van der Waals surface area contributed by atoms with E-state index in [1.807, 2.05) is 54.8 Å². The molecule has 28 heavy (non-hydrogen) atoms. The minimum Gasteiger partial charge on any atom is -0.451 e. The van der Waals surface area contributed by atoms with E-state index in [9.17, 15) is 9.59 Å². The Labute approximate surface area is 167 Å². The highest BCUT2D eigenvalue weighted by molar-refractivity contribution is 7.98. The number of H-pyrrole nitrogens is 1. The fraction of sp³-hybridized carbons (Fsp3) is 0.238. The number of aryl methyl sites for hydroxylation is 1. The summed E-state index contributed by atoms with van der Waals surface area (Å²) in [6, 6.07) is 15.0. The van der Waals surface area contributed by atoms with Gasteiger partial charge in [0.25, 0.3) is 5.56 Å². The summed E-state index contributed by atoms with van der Waals surface area (Å²) in [6.45, 7) is 1.77. The summed E-state index contributed by atoms with van der Waals surface area (Å²) in [5.41, 5.74) is 2.42. The Kier molecular flexibility index (Phi) is 6.60. The van der Waals surface area contributed by atoms with Crippen LogP contribution in [0.1, 0.15) is 35.0 Å². The SMILES string of the molecule is CSc1nc(C)c(CCC(=O)OC(c2ccccc2)c2ccccn2)c(=O)[nH]1. The van der Waals surface area contributed by atoms with Crippen molar-refractivity contribution in [3.05, 3.63) is 87.6 Å². The second-order valence-electron chi connectivity index (χ2n) is 6.17. The molecular formula is C21H21N3O3S. The first-order valence-corrected chi connectivity index (χ1v) is 10.1. The third-order valence-electron chi connectivity index (χ3n) is 4.28. The van der Waals surface area contributed by atoms with Gasteiger partial charge in [-0.25, -0.2) is 4.98 Å². The van der Waals surface area contributed by atoms with Crippen molar-refractivity contribution in [2.75, 3.05) is 6.26 Å². The molecule has 0 aliphatic carbocycles. The Balaban J connectivity index is 1.74. The maximum absolute atomic E-state index is 12.5. The highest BCUT2D eigenvalue weighted by Crippen LogP contribution is 2.25. The predicted octanol–water partition coefficient (Wildman–Crippen LogP) is 3.46. The maximum Gasteiger partial charge on any atom is 0.307 e. The third kappa shape index (κ3) is 4.86. The van der Waals surface area contributed by atoms with Gasteiger partial charge in [0.2, 0.25) is 0 Å². The van der Waals surface area contributed by atoms with Gasteiger partial charge in [-0.3, -0.25) is 14.6 Å². The molecule has 7 heteroatoms. The highest BCUT2D eigenvalue weighted by atomic mass is 32.2. The number of ether oxygens (including phenoxy) is 1.